The Labute approximate surface area is 222 Å². The molecule has 0 saturated carbocycles. The first-order chi connectivity index (χ1) is 19.2. The minimum atomic E-state index is -4.82. The van der Waals surface area contributed by atoms with E-state index < -0.39 is 31.2 Å². The molecule has 7 rings (SSSR count). The molecular weight excluding hydrogens is 537 g/mol. The van der Waals surface area contributed by atoms with Crippen molar-refractivity contribution in [3.05, 3.63) is 53.7 Å². The maximum atomic E-state index is 13.4. The summed E-state index contributed by atoms with van der Waals surface area (Å²) in [6, 6.07) is 10.5. The number of aliphatic hydroxyl groups is 2. The van der Waals surface area contributed by atoms with Crippen LogP contribution in [-0.4, -0.2) is 104 Å². The molecular formula is C25H22F3N6O6+. The van der Waals surface area contributed by atoms with Gasteiger partial charge in [-0.2, -0.15) is 15.4 Å². The minimum Gasteiger partial charge on any atom is -0.406 e. The first-order valence-electron chi connectivity index (χ1n) is 12.5. The van der Waals surface area contributed by atoms with E-state index in [9.17, 15) is 22.8 Å². The van der Waals surface area contributed by atoms with Crippen molar-refractivity contribution in [2.75, 3.05) is 26.2 Å². The minimum absolute atomic E-state index is 0.163. The quantitative estimate of drug-likeness (QED) is 0.366. The van der Waals surface area contributed by atoms with Crippen LogP contribution in [-0.2, 0) is 9.47 Å². The molecule has 0 spiro atoms. The van der Waals surface area contributed by atoms with Gasteiger partial charge >= 0.3 is 6.36 Å². The Balaban J connectivity index is 1.08. The fourth-order valence-corrected chi connectivity index (χ4v) is 5.38. The van der Waals surface area contributed by atoms with Crippen molar-refractivity contribution in [1.82, 2.24) is 30.2 Å². The second kappa shape index (κ2) is 9.18. The van der Waals surface area contributed by atoms with Crippen molar-refractivity contribution in [2.45, 2.75) is 31.2 Å². The first kappa shape index (κ1) is 24.8. The highest BCUT2D eigenvalue weighted by atomic mass is 19.4. The number of aromatic amines is 2. The molecule has 3 N–H and O–H groups in total. The van der Waals surface area contributed by atoms with Crippen LogP contribution in [0.1, 0.15) is 20.8 Å². The highest BCUT2D eigenvalue weighted by Crippen LogP contribution is 2.30. The fourth-order valence-electron chi connectivity index (χ4n) is 5.38. The van der Waals surface area contributed by atoms with Gasteiger partial charge in [-0.15, -0.1) is 13.2 Å². The van der Waals surface area contributed by atoms with Crippen molar-refractivity contribution in [3.8, 4) is 5.75 Å². The Morgan fingerprint density at radius 1 is 0.950 bits per heavy atom. The summed E-state index contributed by atoms with van der Waals surface area (Å²) < 4.78 is 58.6. The molecule has 3 aliphatic heterocycles. The van der Waals surface area contributed by atoms with Crippen LogP contribution >= 0.6 is 0 Å². The summed E-state index contributed by atoms with van der Waals surface area (Å²) in [4.78, 5) is 32.9. The third kappa shape index (κ3) is 4.61. The smallest absolute Gasteiger partial charge is 0.406 e. The lowest BCUT2D eigenvalue weighted by Crippen LogP contribution is -2.58. The number of hydrogen-bond donors (Lipinski definition) is 2. The largest absolute Gasteiger partial charge is 0.573 e. The second-order valence-corrected chi connectivity index (χ2v) is 9.84. The van der Waals surface area contributed by atoms with Gasteiger partial charge in [0.15, 0.2) is 12.4 Å². The summed E-state index contributed by atoms with van der Waals surface area (Å²) in [5, 5.41) is 11.1. The highest BCUT2D eigenvalue weighted by Gasteiger charge is 2.49. The summed E-state index contributed by atoms with van der Waals surface area (Å²) >= 11 is 0. The number of fused-ring (bicyclic) bond motifs is 7. The van der Waals surface area contributed by atoms with E-state index in [1.165, 1.54) is 18.2 Å². The van der Waals surface area contributed by atoms with Gasteiger partial charge in [0.25, 0.3) is 18.1 Å². The number of morpholine rings is 2. The third-order valence-corrected chi connectivity index (χ3v) is 7.17. The molecule has 2 aromatic carbocycles. The number of halogens is 3. The lowest BCUT2D eigenvalue weighted by molar-refractivity contribution is -0.298. The van der Waals surface area contributed by atoms with Crippen LogP contribution in [0.2, 0.25) is 0 Å². The number of H-pyrrole nitrogens is 2. The molecule has 12 nitrogen and oxygen atoms in total. The number of rotatable bonds is 3. The molecule has 4 aromatic rings. The van der Waals surface area contributed by atoms with E-state index in [0.717, 1.165) is 0 Å². The number of carbonyl (C=O) groups excluding carboxylic acids is 2. The molecule has 4 atom stereocenters. The SMILES string of the molecule is O=C(c1ccc2n[nH]nc2c1)N1C[C@@H]2O[C@H]3CN(C(=O)c4cc5ccc(OC(F)(F)F)cc5[nH]4)C[C@H]([OH+]3)[C@H](C1)O2. The molecule has 2 aromatic heterocycles. The Hall–Kier alpha value is -4.21. The van der Waals surface area contributed by atoms with Gasteiger partial charge in [0, 0.05) is 22.5 Å². The fraction of sp³-hybridized carbons (Fsp3) is 0.360. The summed E-state index contributed by atoms with van der Waals surface area (Å²) in [5.41, 5.74) is 2.23. The van der Waals surface area contributed by atoms with Crippen molar-refractivity contribution in [1.29, 1.82) is 0 Å². The Bertz CT molecular complexity index is 1620. The highest BCUT2D eigenvalue weighted by molar-refractivity contribution is 5.98. The molecule has 3 aliphatic rings. The van der Waals surface area contributed by atoms with Gasteiger partial charge in [-0.3, -0.25) is 14.3 Å². The second-order valence-electron chi connectivity index (χ2n) is 9.84. The molecule has 4 bridgehead atoms. The molecule has 3 saturated heterocycles. The van der Waals surface area contributed by atoms with E-state index in [-0.39, 0.29) is 49.4 Å². The van der Waals surface area contributed by atoms with Crippen molar-refractivity contribution >= 4 is 33.8 Å². The van der Waals surface area contributed by atoms with Crippen LogP contribution in [0.4, 0.5) is 13.2 Å². The number of aromatic nitrogens is 4. The Morgan fingerprint density at radius 3 is 2.62 bits per heavy atom. The number of alkyl halides is 3. The molecule has 3 fully saturated rings. The van der Waals surface area contributed by atoms with Gasteiger partial charge in [0.05, 0.1) is 19.6 Å². The summed E-state index contributed by atoms with van der Waals surface area (Å²) in [7, 11) is 0. The molecule has 208 valence electrons. The van der Waals surface area contributed by atoms with Crippen LogP contribution in [0.5, 0.6) is 5.75 Å². The van der Waals surface area contributed by atoms with Gasteiger partial charge < -0.3 is 29.0 Å². The Morgan fingerprint density at radius 2 is 1.77 bits per heavy atom. The molecule has 2 amide bonds. The molecule has 0 radical (unpaired) electrons. The maximum absolute atomic E-state index is 13.4. The number of ether oxygens (including phenoxy) is 4. The number of carbonyl (C=O) groups is 2. The maximum Gasteiger partial charge on any atom is 0.573 e. The monoisotopic (exact) mass is 559 g/mol. The zero-order valence-corrected chi connectivity index (χ0v) is 20.6. The number of benzene rings is 2. The molecule has 0 unspecified atom stereocenters. The van der Waals surface area contributed by atoms with E-state index in [1.54, 1.807) is 34.1 Å². The third-order valence-electron chi connectivity index (χ3n) is 7.17. The normalized spacial score (nSPS) is 24.8. The van der Waals surface area contributed by atoms with Crippen molar-refractivity contribution < 1.29 is 41.7 Å². The van der Waals surface area contributed by atoms with Crippen LogP contribution in [0.3, 0.4) is 0 Å². The van der Waals surface area contributed by atoms with Gasteiger partial charge in [-0.1, -0.05) is 0 Å². The molecule has 40 heavy (non-hydrogen) atoms. The van der Waals surface area contributed by atoms with E-state index in [2.05, 4.69) is 25.1 Å². The lowest BCUT2D eigenvalue weighted by atomic mass is 10.1. The summed E-state index contributed by atoms with van der Waals surface area (Å²) in [5.74, 6) is -0.946. The number of nitrogens with one attached hydrogen (secondary N) is 2. The van der Waals surface area contributed by atoms with Crippen LogP contribution in [0.15, 0.2) is 42.5 Å². The molecule has 15 heteroatoms. The summed E-state index contributed by atoms with van der Waals surface area (Å²) in [6.07, 6.45) is -7.14. The van der Waals surface area contributed by atoms with Crippen LogP contribution < -0.4 is 4.74 Å². The first-order valence-corrected chi connectivity index (χ1v) is 12.5. The van der Waals surface area contributed by atoms with E-state index >= 15 is 0 Å². The molecule has 5 heterocycles. The molecule has 0 aliphatic carbocycles. The lowest BCUT2D eigenvalue weighted by Gasteiger charge is -2.37. The van der Waals surface area contributed by atoms with Gasteiger partial charge in [-0.25, -0.2) is 0 Å². The summed E-state index contributed by atoms with van der Waals surface area (Å²) in [6.45, 7) is 0.841. The number of hydrogen-bond acceptors (Lipinski definition) is 7. The van der Waals surface area contributed by atoms with Gasteiger partial charge in [0.1, 0.15) is 29.0 Å². The van der Waals surface area contributed by atoms with E-state index in [4.69, 9.17) is 14.2 Å². The van der Waals surface area contributed by atoms with Crippen LogP contribution in [0, 0.1) is 0 Å². The van der Waals surface area contributed by atoms with Crippen molar-refractivity contribution in [2.24, 2.45) is 0 Å². The van der Waals surface area contributed by atoms with Gasteiger partial charge in [-0.05, 0) is 36.4 Å². The topological polar surface area (TPSA) is 138 Å². The Kier molecular flexibility index (Phi) is 5.69. The number of nitrogens with zero attached hydrogens (tertiary/aromatic N) is 4. The van der Waals surface area contributed by atoms with Gasteiger partial charge in [0.2, 0.25) is 6.10 Å². The predicted molar refractivity (Wildman–Crippen MR) is 130 cm³/mol. The standard InChI is InChI=1S/C25H21F3N6O6/c26-25(27,28)40-14-3-1-12-5-18(29-16(12)7-14)24(36)34-9-20-19-8-33(10-21(37-19)39-22(11-34)38-20)23(35)13-2-4-15-17(6-13)31-32-30-15/h1-7,19-22,29H,8-11H2,(H,30,31,32)/p+1/t19-,20-,21-,22-/m0/s1. The number of amides is 2. The van der Waals surface area contributed by atoms with Crippen LogP contribution in [0.25, 0.3) is 21.9 Å². The van der Waals surface area contributed by atoms with E-state index in [1.807, 2.05) is 0 Å². The zero-order chi connectivity index (χ0) is 27.6. The van der Waals surface area contributed by atoms with E-state index in [0.29, 0.717) is 27.5 Å². The average Bonchev–Trinajstić information content (AvgIpc) is 3.55. The average molecular weight is 559 g/mol. The van der Waals surface area contributed by atoms with Crippen molar-refractivity contribution in [3.63, 3.8) is 0 Å². The zero-order valence-electron chi connectivity index (χ0n) is 20.6. The predicted octanol–water partition coefficient (Wildman–Crippen LogP) is 1.91.